The highest BCUT2D eigenvalue weighted by molar-refractivity contribution is 5.95. The quantitative estimate of drug-likeness (QED) is 0.758. The van der Waals surface area contributed by atoms with Crippen LogP contribution in [-0.2, 0) is 4.74 Å². The summed E-state index contributed by atoms with van der Waals surface area (Å²) in [6, 6.07) is 9.18. The second kappa shape index (κ2) is 8.29. The number of rotatable bonds is 6. The normalized spacial score (nSPS) is 23.9. The molecule has 5 heteroatoms. The van der Waals surface area contributed by atoms with E-state index in [2.05, 4.69) is 34.9 Å². The second-order valence-corrected chi connectivity index (χ2v) is 8.75. The molecule has 0 spiro atoms. The molecule has 5 rings (SSSR count). The van der Waals surface area contributed by atoms with Crippen molar-refractivity contribution in [3.05, 3.63) is 47.7 Å². The SMILES string of the molecule is N#Cc1c(C2=CCC(N)C=C2)n(C2CCC2)c2cc(OCCC3CCOC3)ccc12. The molecule has 5 nitrogen and oxygen atoms in total. The maximum atomic E-state index is 10.0. The van der Waals surface area contributed by atoms with E-state index in [1.165, 1.54) is 6.42 Å². The van der Waals surface area contributed by atoms with Crippen molar-refractivity contribution < 1.29 is 9.47 Å². The van der Waals surface area contributed by atoms with Crippen LogP contribution in [0.5, 0.6) is 5.75 Å². The van der Waals surface area contributed by atoms with Crippen LogP contribution >= 0.6 is 0 Å². The lowest BCUT2D eigenvalue weighted by atomic mass is 9.91. The molecule has 1 saturated heterocycles. The topological polar surface area (TPSA) is 73.2 Å². The molecular weight excluding hydrogens is 374 g/mol. The summed E-state index contributed by atoms with van der Waals surface area (Å²) in [5, 5.41) is 11.0. The minimum atomic E-state index is 0.0612. The zero-order chi connectivity index (χ0) is 20.5. The molecule has 0 amide bonds. The second-order valence-electron chi connectivity index (χ2n) is 8.75. The highest BCUT2D eigenvalue weighted by Crippen LogP contribution is 2.42. The Morgan fingerprint density at radius 3 is 2.83 bits per heavy atom. The summed E-state index contributed by atoms with van der Waals surface area (Å²) < 4.78 is 14.0. The van der Waals surface area contributed by atoms with E-state index in [4.69, 9.17) is 15.2 Å². The lowest BCUT2D eigenvalue weighted by Crippen LogP contribution is -2.21. The lowest BCUT2D eigenvalue weighted by Gasteiger charge is -2.30. The van der Waals surface area contributed by atoms with Gasteiger partial charge in [-0.05, 0) is 62.1 Å². The average Bonchev–Trinajstić information content (AvgIpc) is 3.34. The lowest BCUT2D eigenvalue weighted by molar-refractivity contribution is 0.178. The molecule has 2 aliphatic carbocycles. The van der Waals surface area contributed by atoms with E-state index in [1.807, 2.05) is 12.1 Å². The molecule has 1 saturated carbocycles. The molecule has 2 fully saturated rings. The van der Waals surface area contributed by atoms with E-state index < -0.39 is 0 Å². The number of aromatic nitrogens is 1. The van der Waals surface area contributed by atoms with Gasteiger partial charge >= 0.3 is 0 Å². The number of ether oxygens (including phenoxy) is 2. The fourth-order valence-electron chi connectivity index (χ4n) is 4.77. The summed E-state index contributed by atoms with van der Waals surface area (Å²) in [4.78, 5) is 0. The van der Waals surface area contributed by atoms with Crippen LogP contribution in [0.25, 0.3) is 16.5 Å². The summed E-state index contributed by atoms with van der Waals surface area (Å²) in [6.07, 6.45) is 12.8. The summed E-state index contributed by atoms with van der Waals surface area (Å²) >= 11 is 0. The Morgan fingerprint density at radius 2 is 2.17 bits per heavy atom. The minimum absolute atomic E-state index is 0.0612. The van der Waals surface area contributed by atoms with Crippen molar-refractivity contribution in [1.29, 1.82) is 5.26 Å². The maximum absolute atomic E-state index is 10.0. The third-order valence-corrected chi connectivity index (χ3v) is 6.75. The van der Waals surface area contributed by atoms with Gasteiger partial charge in [-0.15, -0.1) is 0 Å². The standard InChI is InChI=1S/C25H29N3O2/c26-15-23-22-9-8-21(30-13-11-17-10-12-29-16-17)14-24(22)28(20-2-1-3-20)25(23)18-4-6-19(27)7-5-18/h4-6,8-9,14,17,19-20H,1-3,7,10-13,16,27H2. The van der Waals surface area contributed by atoms with Gasteiger partial charge in [0, 0.05) is 36.8 Å². The zero-order valence-electron chi connectivity index (χ0n) is 17.3. The van der Waals surface area contributed by atoms with E-state index in [9.17, 15) is 5.26 Å². The zero-order valence-corrected chi connectivity index (χ0v) is 17.3. The van der Waals surface area contributed by atoms with Crippen LogP contribution in [0.4, 0.5) is 0 Å². The van der Waals surface area contributed by atoms with Crippen LogP contribution in [0.2, 0.25) is 0 Å². The molecule has 0 radical (unpaired) electrons. The van der Waals surface area contributed by atoms with Crippen molar-refractivity contribution in [2.24, 2.45) is 11.7 Å². The monoisotopic (exact) mass is 403 g/mol. The van der Waals surface area contributed by atoms with Gasteiger partial charge in [-0.3, -0.25) is 0 Å². The molecule has 1 aromatic carbocycles. The molecule has 0 bridgehead atoms. The third kappa shape index (κ3) is 3.55. The Labute approximate surface area is 177 Å². The van der Waals surface area contributed by atoms with Crippen molar-refractivity contribution in [2.75, 3.05) is 19.8 Å². The van der Waals surface area contributed by atoms with E-state index in [-0.39, 0.29) is 6.04 Å². The van der Waals surface area contributed by atoms with E-state index in [1.54, 1.807) is 0 Å². The van der Waals surface area contributed by atoms with Gasteiger partial charge < -0.3 is 19.8 Å². The highest BCUT2D eigenvalue weighted by Gasteiger charge is 2.28. The molecule has 30 heavy (non-hydrogen) atoms. The van der Waals surface area contributed by atoms with Crippen LogP contribution in [0, 0.1) is 17.2 Å². The third-order valence-electron chi connectivity index (χ3n) is 6.75. The Bertz CT molecular complexity index is 1030. The number of benzene rings is 1. The Morgan fingerprint density at radius 1 is 1.27 bits per heavy atom. The molecule has 156 valence electrons. The molecule has 1 aromatic heterocycles. The Hall–Kier alpha value is -2.55. The number of hydrogen-bond donors (Lipinski definition) is 1. The number of nitrogens with two attached hydrogens (primary N) is 1. The predicted molar refractivity (Wildman–Crippen MR) is 118 cm³/mol. The van der Waals surface area contributed by atoms with Crippen molar-refractivity contribution in [3.8, 4) is 11.8 Å². The first-order chi connectivity index (χ1) is 14.7. The van der Waals surface area contributed by atoms with Gasteiger partial charge in [0.05, 0.1) is 23.4 Å². The van der Waals surface area contributed by atoms with Gasteiger partial charge in [0.2, 0.25) is 0 Å². The van der Waals surface area contributed by atoms with Crippen LogP contribution in [-0.4, -0.2) is 30.4 Å². The maximum Gasteiger partial charge on any atom is 0.121 e. The minimum Gasteiger partial charge on any atom is -0.494 e. The number of fused-ring (bicyclic) bond motifs is 1. The van der Waals surface area contributed by atoms with Gasteiger partial charge in [0.15, 0.2) is 0 Å². The molecule has 2 unspecified atom stereocenters. The van der Waals surface area contributed by atoms with E-state index in [0.717, 1.165) is 78.8 Å². The first kappa shape index (κ1) is 19.4. The number of nitrogens with zero attached hydrogens (tertiary/aromatic N) is 2. The Kier molecular flexibility index (Phi) is 5.37. The van der Waals surface area contributed by atoms with Crippen molar-refractivity contribution in [1.82, 2.24) is 4.57 Å². The predicted octanol–water partition coefficient (Wildman–Crippen LogP) is 4.71. The summed E-state index contributed by atoms with van der Waals surface area (Å²) in [5.74, 6) is 1.49. The van der Waals surface area contributed by atoms with Gasteiger partial charge in [-0.25, -0.2) is 0 Å². The number of allylic oxidation sites excluding steroid dienone is 2. The molecule has 2 aromatic rings. The smallest absolute Gasteiger partial charge is 0.121 e. The van der Waals surface area contributed by atoms with Gasteiger partial charge in [0.1, 0.15) is 11.8 Å². The average molecular weight is 404 g/mol. The summed E-state index contributed by atoms with van der Waals surface area (Å²) in [5.41, 5.74) is 10.1. The van der Waals surface area contributed by atoms with Crippen LogP contribution < -0.4 is 10.5 Å². The molecule has 2 N–H and O–H groups in total. The van der Waals surface area contributed by atoms with Crippen LogP contribution in [0.15, 0.2) is 36.4 Å². The molecule has 1 aliphatic heterocycles. The van der Waals surface area contributed by atoms with Gasteiger partial charge in [-0.1, -0.05) is 18.2 Å². The van der Waals surface area contributed by atoms with E-state index in [0.29, 0.717) is 18.6 Å². The fraction of sp³-hybridized carbons (Fsp3) is 0.480. The summed E-state index contributed by atoms with van der Waals surface area (Å²) in [6.45, 7) is 2.43. The molecular formula is C25H29N3O2. The Balaban J connectivity index is 1.51. The van der Waals surface area contributed by atoms with Gasteiger partial charge in [-0.2, -0.15) is 5.26 Å². The summed E-state index contributed by atoms with van der Waals surface area (Å²) in [7, 11) is 0. The fourth-order valence-corrected chi connectivity index (χ4v) is 4.77. The molecule has 2 heterocycles. The first-order valence-electron chi connectivity index (χ1n) is 11.2. The van der Waals surface area contributed by atoms with Crippen LogP contribution in [0.3, 0.4) is 0 Å². The van der Waals surface area contributed by atoms with Crippen molar-refractivity contribution in [2.45, 2.75) is 50.6 Å². The number of nitriles is 1. The largest absolute Gasteiger partial charge is 0.494 e. The molecule has 2 atom stereocenters. The van der Waals surface area contributed by atoms with Crippen LogP contribution in [0.1, 0.15) is 55.8 Å². The molecule has 3 aliphatic rings. The van der Waals surface area contributed by atoms with Crippen molar-refractivity contribution in [3.63, 3.8) is 0 Å². The highest BCUT2D eigenvalue weighted by atomic mass is 16.5. The van der Waals surface area contributed by atoms with E-state index >= 15 is 0 Å². The first-order valence-corrected chi connectivity index (χ1v) is 11.2. The van der Waals surface area contributed by atoms with Crippen molar-refractivity contribution >= 4 is 16.5 Å². The van der Waals surface area contributed by atoms with Gasteiger partial charge in [0.25, 0.3) is 0 Å². The number of hydrogen-bond acceptors (Lipinski definition) is 4.